The normalized spacial score (nSPS) is 14.7. The van der Waals surface area contributed by atoms with Crippen molar-refractivity contribution in [3.63, 3.8) is 0 Å². The molecular formula is C11H22O5. The standard InChI is InChI=1S/C11H22O5/c1-3-4-11(7-10(13)8-12)16-9-15-6-5-14-2/h3,10-13H,1,4-9H2,2H3/t10-,11+/m0/s1. The summed E-state index contributed by atoms with van der Waals surface area (Å²) >= 11 is 0. The van der Waals surface area contributed by atoms with Gasteiger partial charge in [-0.25, -0.2) is 0 Å². The molecule has 0 aliphatic carbocycles. The maximum Gasteiger partial charge on any atom is 0.147 e. The minimum atomic E-state index is -0.760. The van der Waals surface area contributed by atoms with Gasteiger partial charge in [0.1, 0.15) is 6.79 Å². The summed E-state index contributed by atoms with van der Waals surface area (Å²) in [5, 5.41) is 18.0. The maximum absolute atomic E-state index is 9.27. The molecule has 96 valence electrons. The van der Waals surface area contributed by atoms with Crippen LogP contribution in [0.3, 0.4) is 0 Å². The van der Waals surface area contributed by atoms with Crippen molar-refractivity contribution in [2.24, 2.45) is 0 Å². The molecule has 0 aromatic carbocycles. The van der Waals surface area contributed by atoms with Crippen LogP contribution in [0.1, 0.15) is 12.8 Å². The van der Waals surface area contributed by atoms with Gasteiger partial charge in [0.05, 0.1) is 32.0 Å². The summed E-state index contributed by atoms with van der Waals surface area (Å²) in [5.74, 6) is 0. The smallest absolute Gasteiger partial charge is 0.147 e. The Balaban J connectivity index is 3.63. The van der Waals surface area contributed by atoms with Crippen molar-refractivity contribution >= 4 is 0 Å². The second-order valence-electron chi connectivity index (χ2n) is 3.40. The second-order valence-corrected chi connectivity index (χ2v) is 3.40. The Morgan fingerprint density at radius 3 is 2.69 bits per heavy atom. The summed E-state index contributed by atoms with van der Waals surface area (Å²) in [5.41, 5.74) is 0. The van der Waals surface area contributed by atoms with Gasteiger partial charge >= 0.3 is 0 Å². The molecule has 5 heteroatoms. The Bertz CT molecular complexity index is 162. The van der Waals surface area contributed by atoms with Crippen molar-refractivity contribution in [1.82, 2.24) is 0 Å². The molecule has 0 fully saturated rings. The number of methoxy groups -OCH3 is 1. The minimum absolute atomic E-state index is 0.153. The lowest BCUT2D eigenvalue weighted by Crippen LogP contribution is -2.24. The zero-order chi connectivity index (χ0) is 12.2. The molecule has 5 nitrogen and oxygen atoms in total. The molecular weight excluding hydrogens is 212 g/mol. The number of aliphatic hydroxyl groups excluding tert-OH is 2. The van der Waals surface area contributed by atoms with E-state index >= 15 is 0 Å². The van der Waals surface area contributed by atoms with Gasteiger partial charge in [-0.1, -0.05) is 6.08 Å². The van der Waals surface area contributed by atoms with Gasteiger partial charge in [0.25, 0.3) is 0 Å². The van der Waals surface area contributed by atoms with Crippen LogP contribution in [-0.4, -0.2) is 56.1 Å². The van der Waals surface area contributed by atoms with Crippen molar-refractivity contribution in [3.8, 4) is 0 Å². The highest BCUT2D eigenvalue weighted by molar-refractivity contribution is 4.75. The summed E-state index contributed by atoms with van der Waals surface area (Å²) in [6.07, 6.45) is 1.76. The van der Waals surface area contributed by atoms with Gasteiger partial charge in [0.2, 0.25) is 0 Å². The monoisotopic (exact) mass is 234 g/mol. The van der Waals surface area contributed by atoms with Crippen molar-refractivity contribution in [2.75, 3.05) is 33.7 Å². The SMILES string of the molecule is C=CC[C@H](C[C@H](O)CO)OCOCCOC. The van der Waals surface area contributed by atoms with Crippen molar-refractivity contribution in [2.45, 2.75) is 25.0 Å². The fourth-order valence-electron chi connectivity index (χ4n) is 1.14. The highest BCUT2D eigenvalue weighted by atomic mass is 16.7. The van der Waals surface area contributed by atoms with E-state index < -0.39 is 6.10 Å². The van der Waals surface area contributed by atoms with Crippen molar-refractivity contribution in [1.29, 1.82) is 0 Å². The quantitative estimate of drug-likeness (QED) is 0.306. The summed E-state index contributed by atoms with van der Waals surface area (Å²) in [6.45, 7) is 4.49. The van der Waals surface area contributed by atoms with Crippen LogP contribution >= 0.6 is 0 Å². The van der Waals surface area contributed by atoms with Crippen LogP contribution in [0.2, 0.25) is 0 Å². The average Bonchev–Trinajstić information content (AvgIpc) is 2.28. The molecule has 0 heterocycles. The topological polar surface area (TPSA) is 68.2 Å². The van der Waals surface area contributed by atoms with E-state index in [0.717, 1.165) is 0 Å². The first-order chi connectivity index (χ1) is 7.74. The Kier molecular flexibility index (Phi) is 10.7. The van der Waals surface area contributed by atoms with E-state index in [0.29, 0.717) is 26.1 Å². The van der Waals surface area contributed by atoms with E-state index in [9.17, 15) is 5.11 Å². The van der Waals surface area contributed by atoms with Crippen LogP contribution in [0.15, 0.2) is 12.7 Å². The number of ether oxygens (including phenoxy) is 3. The van der Waals surface area contributed by atoms with Crippen LogP contribution in [0.4, 0.5) is 0 Å². The van der Waals surface area contributed by atoms with E-state index in [-0.39, 0.29) is 19.5 Å². The first kappa shape index (κ1) is 15.5. The van der Waals surface area contributed by atoms with Crippen molar-refractivity contribution in [3.05, 3.63) is 12.7 Å². The van der Waals surface area contributed by atoms with E-state index in [1.807, 2.05) is 0 Å². The largest absolute Gasteiger partial charge is 0.394 e. The molecule has 0 saturated heterocycles. The first-order valence-electron chi connectivity index (χ1n) is 5.32. The number of hydrogen-bond acceptors (Lipinski definition) is 5. The third-order valence-corrected chi connectivity index (χ3v) is 1.99. The Hall–Kier alpha value is -0.460. The van der Waals surface area contributed by atoms with Crippen LogP contribution in [0, 0.1) is 0 Å². The summed E-state index contributed by atoms with van der Waals surface area (Å²) in [6, 6.07) is 0. The van der Waals surface area contributed by atoms with Gasteiger partial charge in [-0.05, 0) is 6.42 Å². The zero-order valence-electron chi connectivity index (χ0n) is 9.80. The minimum Gasteiger partial charge on any atom is -0.394 e. The van der Waals surface area contributed by atoms with Gasteiger partial charge < -0.3 is 24.4 Å². The molecule has 0 aliphatic heterocycles. The molecule has 0 saturated carbocycles. The van der Waals surface area contributed by atoms with E-state index in [2.05, 4.69) is 6.58 Å². The molecule has 0 amide bonds. The molecule has 0 aromatic rings. The summed E-state index contributed by atoms with van der Waals surface area (Å²) in [4.78, 5) is 0. The van der Waals surface area contributed by atoms with Gasteiger partial charge in [-0.15, -0.1) is 6.58 Å². The fraction of sp³-hybridized carbons (Fsp3) is 0.818. The molecule has 0 unspecified atom stereocenters. The number of aliphatic hydroxyl groups is 2. The average molecular weight is 234 g/mol. The molecule has 0 aliphatic rings. The third kappa shape index (κ3) is 8.82. The second kappa shape index (κ2) is 11.0. The Morgan fingerprint density at radius 1 is 1.38 bits per heavy atom. The van der Waals surface area contributed by atoms with Crippen LogP contribution in [0.5, 0.6) is 0 Å². The molecule has 16 heavy (non-hydrogen) atoms. The van der Waals surface area contributed by atoms with E-state index in [1.165, 1.54) is 0 Å². The molecule has 2 N–H and O–H groups in total. The summed E-state index contributed by atoms with van der Waals surface area (Å²) in [7, 11) is 1.60. The predicted molar refractivity (Wildman–Crippen MR) is 60.1 cm³/mol. The van der Waals surface area contributed by atoms with Gasteiger partial charge in [0, 0.05) is 13.5 Å². The van der Waals surface area contributed by atoms with Gasteiger partial charge in [-0.3, -0.25) is 0 Å². The van der Waals surface area contributed by atoms with Gasteiger partial charge in [0.15, 0.2) is 0 Å². The Labute approximate surface area is 96.6 Å². The third-order valence-electron chi connectivity index (χ3n) is 1.99. The fourth-order valence-corrected chi connectivity index (χ4v) is 1.14. The van der Waals surface area contributed by atoms with Gasteiger partial charge in [-0.2, -0.15) is 0 Å². The van der Waals surface area contributed by atoms with Crippen LogP contribution in [0.25, 0.3) is 0 Å². The molecule has 0 spiro atoms. The lowest BCUT2D eigenvalue weighted by molar-refractivity contribution is -0.108. The molecule has 2 atom stereocenters. The number of hydrogen-bond donors (Lipinski definition) is 2. The molecule has 0 bridgehead atoms. The van der Waals surface area contributed by atoms with Crippen LogP contribution in [-0.2, 0) is 14.2 Å². The first-order valence-corrected chi connectivity index (χ1v) is 5.32. The number of rotatable bonds is 11. The van der Waals surface area contributed by atoms with Crippen molar-refractivity contribution < 1.29 is 24.4 Å². The molecule has 0 radical (unpaired) electrons. The summed E-state index contributed by atoms with van der Waals surface area (Å²) < 4.78 is 15.3. The van der Waals surface area contributed by atoms with E-state index in [1.54, 1.807) is 13.2 Å². The predicted octanol–water partition coefficient (Wildman–Crippen LogP) is 0.311. The van der Waals surface area contributed by atoms with Crippen LogP contribution < -0.4 is 0 Å². The lowest BCUT2D eigenvalue weighted by Gasteiger charge is -2.18. The lowest BCUT2D eigenvalue weighted by atomic mass is 10.1. The highest BCUT2D eigenvalue weighted by Gasteiger charge is 2.13. The molecule has 0 aromatic heterocycles. The zero-order valence-corrected chi connectivity index (χ0v) is 9.80. The highest BCUT2D eigenvalue weighted by Crippen LogP contribution is 2.08. The Morgan fingerprint density at radius 2 is 2.12 bits per heavy atom. The maximum atomic E-state index is 9.27. The van der Waals surface area contributed by atoms with E-state index in [4.69, 9.17) is 19.3 Å². The molecule has 0 rings (SSSR count).